The molecule has 1 aromatic heterocycles. The van der Waals surface area contributed by atoms with E-state index < -0.39 is 0 Å². The summed E-state index contributed by atoms with van der Waals surface area (Å²) in [4.78, 5) is 10.9. The van der Waals surface area contributed by atoms with Crippen LogP contribution in [0, 0.1) is 0 Å². The predicted octanol–water partition coefficient (Wildman–Crippen LogP) is 1.10. The number of aliphatic hydroxyl groups is 1. The van der Waals surface area contributed by atoms with Gasteiger partial charge >= 0.3 is 0 Å². The minimum atomic E-state index is 0.148. The lowest BCUT2D eigenvalue weighted by molar-refractivity contribution is 0.112. The second kappa shape index (κ2) is 3.49. The zero-order valence-electron chi connectivity index (χ0n) is 5.41. The van der Waals surface area contributed by atoms with Gasteiger partial charge in [-0.1, -0.05) is 0 Å². The molecule has 1 heterocycles. The predicted molar refractivity (Wildman–Crippen MR) is 40.5 cm³/mol. The quantitative estimate of drug-likeness (QED) is 0.665. The normalized spacial score (nSPS) is 9.70. The van der Waals surface area contributed by atoms with Crippen LogP contribution in [0.3, 0.4) is 0 Å². The monoisotopic (exact) mass is 156 g/mol. The molecule has 1 rings (SSSR count). The Kier molecular flexibility index (Phi) is 2.59. The molecule has 0 fully saturated rings. The highest BCUT2D eigenvalue weighted by molar-refractivity contribution is 7.11. The molecule has 0 aromatic carbocycles. The average molecular weight is 156 g/mol. The molecule has 3 heteroatoms. The van der Waals surface area contributed by atoms with Gasteiger partial charge in [0, 0.05) is 6.61 Å². The standard InChI is InChI=1S/C7H8O2S/c8-2-1-6-3-7(4-9)10-5-6/h3-5,8H,1-2H2. The van der Waals surface area contributed by atoms with Crippen LogP contribution < -0.4 is 0 Å². The fraction of sp³-hybridized carbons (Fsp3) is 0.286. The first-order valence-corrected chi connectivity index (χ1v) is 3.88. The van der Waals surface area contributed by atoms with Gasteiger partial charge in [-0.05, 0) is 23.4 Å². The summed E-state index contributed by atoms with van der Waals surface area (Å²) in [7, 11) is 0. The first kappa shape index (κ1) is 7.44. The SMILES string of the molecule is O=Cc1cc(CCO)cs1. The molecule has 0 unspecified atom stereocenters. The third-order valence-corrected chi connectivity index (χ3v) is 2.10. The molecule has 1 aromatic rings. The summed E-state index contributed by atoms with van der Waals surface area (Å²) in [6, 6.07) is 1.80. The Morgan fingerprint density at radius 1 is 1.70 bits per heavy atom. The maximum absolute atomic E-state index is 10.2. The maximum atomic E-state index is 10.2. The van der Waals surface area contributed by atoms with Crippen molar-refractivity contribution in [2.24, 2.45) is 0 Å². The van der Waals surface area contributed by atoms with Gasteiger partial charge in [-0.2, -0.15) is 0 Å². The molecule has 0 saturated heterocycles. The van der Waals surface area contributed by atoms with E-state index in [-0.39, 0.29) is 6.61 Å². The summed E-state index contributed by atoms with van der Waals surface area (Å²) >= 11 is 1.41. The van der Waals surface area contributed by atoms with Gasteiger partial charge in [0.1, 0.15) is 0 Å². The lowest BCUT2D eigenvalue weighted by Gasteiger charge is -1.86. The zero-order chi connectivity index (χ0) is 7.40. The molecular weight excluding hydrogens is 148 g/mol. The third-order valence-electron chi connectivity index (χ3n) is 1.19. The van der Waals surface area contributed by atoms with Crippen molar-refractivity contribution in [3.63, 3.8) is 0 Å². The van der Waals surface area contributed by atoms with E-state index in [0.29, 0.717) is 6.42 Å². The van der Waals surface area contributed by atoms with E-state index in [9.17, 15) is 4.79 Å². The molecule has 10 heavy (non-hydrogen) atoms. The number of thiophene rings is 1. The molecule has 0 amide bonds. The van der Waals surface area contributed by atoms with Crippen LogP contribution in [0.4, 0.5) is 0 Å². The Bertz CT molecular complexity index is 217. The lowest BCUT2D eigenvalue weighted by atomic mass is 10.2. The van der Waals surface area contributed by atoms with Crippen molar-refractivity contribution in [1.29, 1.82) is 0 Å². The number of aldehydes is 1. The molecule has 0 aliphatic carbocycles. The van der Waals surface area contributed by atoms with E-state index in [1.807, 2.05) is 5.38 Å². The second-order valence-electron chi connectivity index (χ2n) is 1.95. The lowest BCUT2D eigenvalue weighted by Crippen LogP contribution is -1.86. The first-order valence-electron chi connectivity index (χ1n) is 3.00. The zero-order valence-corrected chi connectivity index (χ0v) is 6.23. The van der Waals surface area contributed by atoms with E-state index in [1.54, 1.807) is 6.07 Å². The van der Waals surface area contributed by atoms with Crippen molar-refractivity contribution in [2.45, 2.75) is 6.42 Å². The van der Waals surface area contributed by atoms with Gasteiger partial charge in [0.2, 0.25) is 0 Å². The van der Waals surface area contributed by atoms with Crippen LogP contribution in [0.1, 0.15) is 15.2 Å². The topological polar surface area (TPSA) is 37.3 Å². The van der Waals surface area contributed by atoms with Crippen molar-refractivity contribution < 1.29 is 9.90 Å². The second-order valence-corrected chi connectivity index (χ2v) is 2.89. The fourth-order valence-corrected chi connectivity index (χ4v) is 1.46. The van der Waals surface area contributed by atoms with Crippen LogP contribution in [0.5, 0.6) is 0 Å². The van der Waals surface area contributed by atoms with Gasteiger partial charge in [0.25, 0.3) is 0 Å². The van der Waals surface area contributed by atoms with Crippen molar-refractivity contribution in [1.82, 2.24) is 0 Å². The molecule has 0 bridgehead atoms. The molecule has 54 valence electrons. The Labute approximate surface area is 63.1 Å². The highest BCUT2D eigenvalue weighted by atomic mass is 32.1. The molecule has 0 aliphatic heterocycles. The van der Waals surface area contributed by atoms with Gasteiger partial charge in [-0.3, -0.25) is 4.79 Å². The Morgan fingerprint density at radius 2 is 2.50 bits per heavy atom. The molecule has 0 spiro atoms. The van der Waals surface area contributed by atoms with E-state index >= 15 is 0 Å². The van der Waals surface area contributed by atoms with Crippen LogP contribution in [-0.4, -0.2) is 18.0 Å². The van der Waals surface area contributed by atoms with E-state index in [2.05, 4.69) is 0 Å². The molecule has 0 aliphatic rings. The van der Waals surface area contributed by atoms with Crippen molar-refractivity contribution in [3.05, 3.63) is 21.9 Å². The number of hydrogen-bond acceptors (Lipinski definition) is 3. The van der Waals surface area contributed by atoms with Crippen molar-refractivity contribution in [3.8, 4) is 0 Å². The average Bonchev–Trinajstić information content (AvgIpc) is 2.37. The third kappa shape index (κ3) is 1.65. The molecular formula is C7H8O2S. The van der Waals surface area contributed by atoms with E-state index in [4.69, 9.17) is 5.11 Å². The Hall–Kier alpha value is -0.670. The van der Waals surface area contributed by atoms with Crippen LogP contribution in [0.15, 0.2) is 11.4 Å². The fourth-order valence-electron chi connectivity index (χ4n) is 0.716. The summed E-state index contributed by atoms with van der Waals surface area (Å²) in [6.07, 6.45) is 1.47. The largest absolute Gasteiger partial charge is 0.396 e. The molecule has 0 saturated carbocycles. The van der Waals surface area contributed by atoms with Gasteiger partial charge in [0.15, 0.2) is 6.29 Å². The smallest absolute Gasteiger partial charge is 0.160 e. The minimum absolute atomic E-state index is 0.148. The molecule has 1 N–H and O–H groups in total. The van der Waals surface area contributed by atoms with Gasteiger partial charge < -0.3 is 5.11 Å². The minimum Gasteiger partial charge on any atom is -0.396 e. The number of carbonyl (C=O) groups is 1. The summed E-state index contributed by atoms with van der Waals surface area (Å²) < 4.78 is 0. The van der Waals surface area contributed by atoms with Crippen molar-refractivity contribution >= 4 is 17.6 Å². The van der Waals surface area contributed by atoms with Gasteiger partial charge in [0.05, 0.1) is 4.88 Å². The van der Waals surface area contributed by atoms with Crippen LogP contribution >= 0.6 is 11.3 Å². The van der Waals surface area contributed by atoms with Crippen molar-refractivity contribution in [2.75, 3.05) is 6.61 Å². The van der Waals surface area contributed by atoms with Crippen LogP contribution in [0.2, 0.25) is 0 Å². The molecule has 2 nitrogen and oxygen atoms in total. The number of carbonyl (C=O) groups excluding carboxylic acids is 1. The Morgan fingerprint density at radius 3 is 3.00 bits per heavy atom. The Balaban J connectivity index is 2.68. The highest BCUT2D eigenvalue weighted by Gasteiger charge is 1.96. The van der Waals surface area contributed by atoms with E-state index in [1.165, 1.54) is 11.3 Å². The van der Waals surface area contributed by atoms with Crippen LogP contribution in [0.25, 0.3) is 0 Å². The number of hydrogen-bond donors (Lipinski definition) is 1. The number of rotatable bonds is 3. The molecule has 0 atom stereocenters. The van der Waals surface area contributed by atoms with Gasteiger partial charge in [-0.15, -0.1) is 11.3 Å². The summed E-state index contributed by atoms with van der Waals surface area (Å²) in [5, 5.41) is 10.4. The molecule has 0 radical (unpaired) electrons. The van der Waals surface area contributed by atoms with Crippen LogP contribution in [-0.2, 0) is 6.42 Å². The first-order chi connectivity index (χ1) is 4.86. The maximum Gasteiger partial charge on any atom is 0.160 e. The van der Waals surface area contributed by atoms with Gasteiger partial charge in [-0.25, -0.2) is 0 Å². The summed E-state index contributed by atoms with van der Waals surface area (Å²) in [5.74, 6) is 0. The summed E-state index contributed by atoms with van der Waals surface area (Å²) in [6.45, 7) is 0.148. The summed E-state index contributed by atoms with van der Waals surface area (Å²) in [5.41, 5.74) is 1.04. The van der Waals surface area contributed by atoms with E-state index in [0.717, 1.165) is 16.7 Å². The number of aliphatic hydroxyl groups excluding tert-OH is 1. The highest BCUT2D eigenvalue weighted by Crippen LogP contribution is 2.12.